The molecule has 30 heavy (non-hydrogen) atoms. The summed E-state index contributed by atoms with van der Waals surface area (Å²) in [6.07, 6.45) is 3.54. The largest absolute Gasteiger partial charge is 0.338 e. The zero-order chi connectivity index (χ0) is 21.3. The first-order valence-corrected chi connectivity index (χ1v) is 12.5. The number of rotatable bonds is 6. The minimum absolute atomic E-state index is 0.372. The van der Waals surface area contributed by atoms with Gasteiger partial charge < -0.3 is 15.2 Å². The van der Waals surface area contributed by atoms with Gasteiger partial charge in [0.25, 0.3) is 0 Å². The van der Waals surface area contributed by atoms with E-state index < -0.39 is 7.14 Å². The molecule has 4 aromatic rings. The molecule has 0 spiro atoms. The van der Waals surface area contributed by atoms with E-state index in [4.69, 9.17) is 11.6 Å². The van der Waals surface area contributed by atoms with Gasteiger partial charge in [-0.05, 0) is 50.6 Å². The summed E-state index contributed by atoms with van der Waals surface area (Å²) < 4.78 is 14.5. The lowest BCUT2D eigenvalue weighted by Gasteiger charge is -2.15. The van der Waals surface area contributed by atoms with Gasteiger partial charge in [0.1, 0.15) is 12.2 Å². The van der Waals surface area contributed by atoms with Gasteiger partial charge in [0, 0.05) is 29.1 Å². The number of benzene rings is 2. The Balaban J connectivity index is 1.62. The van der Waals surface area contributed by atoms with Crippen LogP contribution in [0.3, 0.4) is 0 Å². The van der Waals surface area contributed by atoms with E-state index in [0.717, 1.165) is 28.4 Å². The van der Waals surface area contributed by atoms with Crippen molar-refractivity contribution in [3.63, 3.8) is 0 Å². The molecule has 0 fully saturated rings. The maximum atomic E-state index is 12.6. The molecule has 0 aliphatic rings. The summed E-state index contributed by atoms with van der Waals surface area (Å²) in [6.45, 7) is 6.34. The molecule has 9 heteroatoms. The number of aromatic nitrogens is 4. The van der Waals surface area contributed by atoms with Crippen molar-refractivity contribution in [2.75, 3.05) is 24.0 Å². The van der Waals surface area contributed by atoms with E-state index >= 15 is 0 Å². The molecule has 0 atom stereocenters. The molecule has 0 saturated heterocycles. The third-order valence-corrected chi connectivity index (χ3v) is 6.44. The van der Waals surface area contributed by atoms with E-state index in [1.54, 1.807) is 13.3 Å². The number of para-hydroxylation sites is 1. The van der Waals surface area contributed by atoms with Crippen molar-refractivity contribution in [2.45, 2.75) is 13.5 Å². The summed E-state index contributed by atoms with van der Waals surface area (Å²) in [5, 5.41) is 13.0. The predicted molar refractivity (Wildman–Crippen MR) is 125 cm³/mol. The Morgan fingerprint density at radius 1 is 1.13 bits per heavy atom. The molecule has 0 radical (unpaired) electrons. The summed E-state index contributed by atoms with van der Waals surface area (Å²) >= 11 is 6.32. The second-order valence-corrected chi connectivity index (χ2v) is 10.9. The Labute approximate surface area is 179 Å². The van der Waals surface area contributed by atoms with Gasteiger partial charge in [-0.25, -0.2) is 4.98 Å². The Morgan fingerprint density at radius 3 is 2.70 bits per heavy atom. The Morgan fingerprint density at radius 2 is 1.93 bits per heavy atom. The Hall–Kier alpha value is -2.89. The SMILES string of the molecule is CCn1cc2cc(Nc3ncc(Cl)c(Nc4ccccc4P(C)(C)=O)n3)ccc2n1. The third kappa shape index (κ3) is 4.32. The summed E-state index contributed by atoms with van der Waals surface area (Å²) in [6, 6.07) is 13.3. The zero-order valence-corrected chi connectivity index (χ0v) is 18.6. The van der Waals surface area contributed by atoms with Gasteiger partial charge in [0.2, 0.25) is 5.95 Å². The zero-order valence-electron chi connectivity index (χ0n) is 16.9. The van der Waals surface area contributed by atoms with Crippen molar-refractivity contribution in [3.8, 4) is 0 Å². The van der Waals surface area contributed by atoms with Crippen molar-refractivity contribution in [1.29, 1.82) is 0 Å². The summed E-state index contributed by atoms with van der Waals surface area (Å²) in [5.41, 5.74) is 2.49. The van der Waals surface area contributed by atoms with E-state index in [9.17, 15) is 4.57 Å². The molecule has 2 heterocycles. The fourth-order valence-corrected chi connectivity index (χ4v) is 4.43. The number of halogens is 1. The van der Waals surface area contributed by atoms with Gasteiger partial charge in [-0.2, -0.15) is 10.1 Å². The van der Waals surface area contributed by atoms with Gasteiger partial charge >= 0.3 is 0 Å². The normalized spacial score (nSPS) is 11.6. The van der Waals surface area contributed by atoms with Crippen LogP contribution in [0.1, 0.15) is 6.92 Å². The van der Waals surface area contributed by atoms with E-state index in [0.29, 0.717) is 22.5 Å². The summed E-state index contributed by atoms with van der Waals surface area (Å²) in [4.78, 5) is 8.79. The molecule has 0 saturated carbocycles. The molecule has 7 nitrogen and oxygen atoms in total. The van der Waals surface area contributed by atoms with Gasteiger partial charge in [0.15, 0.2) is 5.82 Å². The highest BCUT2D eigenvalue weighted by molar-refractivity contribution is 7.70. The minimum atomic E-state index is -2.47. The van der Waals surface area contributed by atoms with Crippen molar-refractivity contribution in [3.05, 3.63) is 59.9 Å². The topological polar surface area (TPSA) is 84.7 Å². The highest BCUT2D eigenvalue weighted by atomic mass is 35.5. The van der Waals surface area contributed by atoms with Crippen molar-refractivity contribution >= 4 is 58.1 Å². The van der Waals surface area contributed by atoms with Gasteiger partial charge in [-0.1, -0.05) is 23.7 Å². The lowest BCUT2D eigenvalue weighted by atomic mass is 10.2. The van der Waals surface area contributed by atoms with Crippen LogP contribution < -0.4 is 15.9 Å². The second kappa shape index (κ2) is 8.09. The fourth-order valence-electron chi connectivity index (χ4n) is 3.14. The lowest BCUT2D eigenvalue weighted by Crippen LogP contribution is -2.10. The van der Waals surface area contributed by atoms with Crippen LogP contribution in [-0.4, -0.2) is 33.1 Å². The molecule has 2 aromatic heterocycles. The third-order valence-electron chi connectivity index (χ3n) is 4.61. The number of anilines is 4. The monoisotopic (exact) mass is 440 g/mol. The predicted octanol–water partition coefficient (Wildman–Crippen LogP) is 5.23. The van der Waals surface area contributed by atoms with Crippen molar-refractivity contribution in [1.82, 2.24) is 19.7 Å². The van der Waals surface area contributed by atoms with Gasteiger partial charge in [0.05, 0.1) is 17.4 Å². The molecule has 4 rings (SSSR count). The number of fused-ring (bicyclic) bond motifs is 1. The quantitative estimate of drug-likeness (QED) is 0.399. The smallest absolute Gasteiger partial charge is 0.229 e. The molecular weight excluding hydrogens is 419 g/mol. The van der Waals surface area contributed by atoms with E-state index in [-0.39, 0.29) is 0 Å². The Kier molecular flexibility index (Phi) is 5.50. The number of hydrogen-bond donors (Lipinski definition) is 2. The van der Waals surface area contributed by atoms with Gasteiger partial charge in [-0.3, -0.25) is 4.68 Å². The maximum absolute atomic E-state index is 12.6. The number of nitrogens with one attached hydrogen (secondary N) is 2. The summed E-state index contributed by atoms with van der Waals surface area (Å²) in [5.74, 6) is 0.841. The van der Waals surface area contributed by atoms with Crippen LogP contribution in [0.25, 0.3) is 10.9 Å². The lowest BCUT2D eigenvalue weighted by molar-refractivity contribution is 0.588. The van der Waals surface area contributed by atoms with Gasteiger partial charge in [-0.15, -0.1) is 0 Å². The highest BCUT2D eigenvalue weighted by Gasteiger charge is 2.17. The van der Waals surface area contributed by atoms with Crippen molar-refractivity contribution < 1.29 is 4.57 Å². The van der Waals surface area contributed by atoms with Crippen LogP contribution in [0.2, 0.25) is 5.02 Å². The van der Waals surface area contributed by atoms with Crippen LogP contribution in [0.4, 0.5) is 23.1 Å². The van der Waals surface area contributed by atoms with E-state index in [1.165, 1.54) is 6.20 Å². The maximum Gasteiger partial charge on any atom is 0.229 e. The van der Waals surface area contributed by atoms with Crippen LogP contribution >= 0.6 is 18.7 Å². The van der Waals surface area contributed by atoms with Crippen LogP contribution in [0.5, 0.6) is 0 Å². The molecule has 0 aliphatic carbocycles. The molecule has 0 amide bonds. The molecule has 2 aromatic carbocycles. The molecule has 0 aliphatic heterocycles. The second-order valence-electron chi connectivity index (χ2n) is 7.27. The first kappa shape index (κ1) is 20.4. The van der Waals surface area contributed by atoms with Crippen LogP contribution in [0.15, 0.2) is 54.9 Å². The molecule has 154 valence electrons. The van der Waals surface area contributed by atoms with Crippen molar-refractivity contribution in [2.24, 2.45) is 0 Å². The van der Waals surface area contributed by atoms with E-state index in [2.05, 4.69) is 32.6 Å². The fraction of sp³-hybridized carbons (Fsp3) is 0.190. The number of nitrogens with zero attached hydrogens (tertiary/aromatic N) is 4. The molecular formula is C21H22ClN6OP. The minimum Gasteiger partial charge on any atom is -0.338 e. The number of hydrogen-bond acceptors (Lipinski definition) is 6. The summed E-state index contributed by atoms with van der Waals surface area (Å²) in [7, 11) is -2.47. The van der Waals surface area contributed by atoms with Crippen LogP contribution in [0, 0.1) is 0 Å². The standard InChI is InChI=1S/C21H22ClN6OP/c1-4-28-13-14-11-15(9-10-17(14)27-28)24-21-23-12-16(22)20(26-21)25-18-7-5-6-8-19(18)30(2,3)29/h5-13H,4H2,1-3H3,(H2,23,24,25,26). The highest BCUT2D eigenvalue weighted by Crippen LogP contribution is 2.38. The number of aryl methyl sites for hydroxylation is 1. The molecule has 2 N–H and O–H groups in total. The first-order valence-electron chi connectivity index (χ1n) is 9.52. The molecule has 0 bridgehead atoms. The first-order chi connectivity index (χ1) is 14.3. The van der Waals surface area contributed by atoms with Crippen LogP contribution in [-0.2, 0) is 11.1 Å². The average Bonchev–Trinajstić information content (AvgIpc) is 3.13. The molecule has 0 unspecified atom stereocenters. The average molecular weight is 441 g/mol. The Bertz CT molecular complexity index is 1270. The van der Waals surface area contributed by atoms with E-state index in [1.807, 2.05) is 53.3 Å².